The Morgan fingerprint density at radius 3 is 2.76 bits per heavy atom. The van der Waals surface area contributed by atoms with Gasteiger partial charge in [-0.3, -0.25) is 0 Å². The third kappa shape index (κ3) is 2.92. The van der Waals surface area contributed by atoms with Crippen molar-refractivity contribution < 1.29 is 4.74 Å². The van der Waals surface area contributed by atoms with Gasteiger partial charge in [-0.2, -0.15) is 0 Å². The summed E-state index contributed by atoms with van der Waals surface area (Å²) in [6, 6.07) is 12.7. The molecule has 0 radical (unpaired) electrons. The molecule has 2 rings (SSSR count). The number of fused-ring (bicyclic) bond motifs is 1. The molecule has 0 unspecified atom stereocenters. The van der Waals surface area contributed by atoms with E-state index < -0.39 is 0 Å². The van der Waals surface area contributed by atoms with Crippen LogP contribution in [0.3, 0.4) is 0 Å². The normalized spacial score (nSPS) is 10.7. The molecule has 0 atom stereocenters. The van der Waals surface area contributed by atoms with E-state index in [1.807, 2.05) is 6.07 Å². The average molecular weight is 249 g/mol. The average Bonchev–Trinajstić information content (AvgIpc) is 2.38. The van der Waals surface area contributed by atoms with Gasteiger partial charge in [-0.25, -0.2) is 0 Å². The molecule has 17 heavy (non-hydrogen) atoms. The summed E-state index contributed by atoms with van der Waals surface area (Å²) >= 11 is 5.71. The lowest BCUT2D eigenvalue weighted by atomic mass is 10.0. The standard InChI is InChI=1S/C15H17ClO/c1-17-14-8-9-15-12(5-2-3-10-16)6-4-7-13(15)11-14/h4,6-9,11H,2-3,5,10H2,1H3. The zero-order chi connectivity index (χ0) is 12.1. The Hall–Kier alpha value is -1.21. The van der Waals surface area contributed by atoms with Crippen molar-refractivity contribution in [3.63, 3.8) is 0 Å². The second kappa shape index (κ2) is 5.92. The van der Waals surface area contributed by atoms with Gasteiger partial charge in [0.2, 0.25) is 0 Å². The van der Waals surface area contributed by atoms with E-state index >= 15 is 0 Å². The van der Waals surface area contributed by atoms with Crippen molar-refractivity contribution in [2.24, 2.45) is 0 Å². The lowest BCUT2D eigenvalue weighted by Crippen LogP contribution is -1.89. The first-order chi connectivity index (χ1) is 8.35. The highest BCUT2D eigenvalue weighted by molar-refractivity contribution is 6.17. The summed E-state index contributed by atoms with van der Waals surface area (Å²) in [5.74, 6) is 1.66. The van der Waals surface area contributed by atoms with Crippen LogP contribution >= 0.6 is 11.6 Å². The van der Waals surface area contributed by atoms with E-state index in [-0.39, 0.29) is 0 Å². The molecule has 0 N–H and O–H groups in total. The number of halogens is 1. The van der Waals surface area contributed by atoms with Crippen LogP contribution in [0.15, 0.2) is 36.4 Å². The third-order valence-electron chi connectivity index (χ3n) is 3.01. The molecular formula is C15H17ClO. The minimum atomic E-state index is 0.749. The van der Waals surface area contributed by atoms with Crippen LogP contribution in [0.5, 0.6) is 5.75 Å². The topological polar surface area (TPSA) is 9.23 Å². The number of ether oxygens (including phenoxy) is 1. The minimum absolute atomic E-state index is 0.749. The number of benzene rings is 2. The van der Waals surface area contributed by atoms with E-state index in [2.05, 4.69) is 30.3 Å². The predicted molar refractivity (Wildman–Crippen MR) is 74.2 cm³/mol. The number of rotatable bonds is 5. The summed E-state index contributed by atoms with van der Waals surface area (Å²) in [7, 11) is 1.70. The van der Waals surface area contributed by atoms with Gasteiger partial charge in [0.05, 0.1) is 7.11 Å². The molecule has 2 aromatic rings. The van der Waals surface area contributed by atoms with Crippen molar-refractivity contribution in [1.29, 1.82) is 0 Å². The van der Waals surface area contributed by atoms with Gasteiger partial charge < -0.3 is 4.74 Å². The lowest BCUT2D eigenvalue weighted by molar-refractivity contribution is 0.415. The van der Waals surface area contributed by atoms with Crippen molar-refractivity contribution in [3.05, 3.63) is 42.0 Å². The lowest BCUT2D eigenvalue weighted by Gasteiger charge is -2.07. The van der Waals surface area contributed by atoms with Gasteiger partial charge in [0, 0.05) is 5.88 Å². The second-order valence-corrected chi connectivity index (χ2v) is 4.53. The SMILES string of the molecule is COc1ccc2c(CCCCCl)cccc2c1. The van der Waals surface area contributed by atoms with Crippen LogP contribution < -0.4 is 4.74 Å². The summed E-state index contributed by atoms with van der Waals surface area (Å²) in [4.78, 5) is 0. The van der Waals surface area contributed by atoms with Crippen LogP contribution in [0.1, 0.15) is 18.4 Å². The van der Waals surface area contributed by atoms with Crippen LogP contribution in [0.4, 0.5) is 0 Å². The molecule has 0 aliphatic carbocycles. The van der Waals surface area contributed by atoms with Crippen molar-refractivity contribution in [2.75, 3.05) is 13.0 Å². The van der Waals surface area contributed by atoms with E-state index in [0.29, 0.717) is 0 Å². The summed E-state index contributed by atoms with van der Waals surface area (Å²) in [6.45, 7) is 0. The molecule has 0 bridgehead atoms. The molecule has 0 fully saturated rings. The molecule has 0 spiro atoms. The van der Waals surface area contributed by atoms with Crippen molar-refractivity contribution >= 4 is 22.4 Å². The van der Waals surface area contributed by atoms with Crippen molar-refractivity contribution in [2.45, 2.75) is 19.3 Å². The fourth-order valence-corrected chi connectivity index (χ4v) is 2.27. The fourth-order valence-electron chi connectivity index (χ4n) is 2.08. The number of hydrogen-bond donors (Lipinski definition) is 0. The predicted octanol–water partition coefficient (Wildman–Crippen LogP) is 4.41. The van der Waals surface area contributed by atoms with E-state index in [9.17, 15) is 0 Å². The Labute approximate surface area is 107 Å². The molecule has 2 heteroatoms. The smallest absolute Gasteiger partial charge is 0.119 e. The monoisotopic (exact) mass is 248 g/mol. The Balaban J connectivity index is 2.30. The molecule has 1 nitrogen and oxygen atoms in total. The first-order valence-corrected chi connectivity index (χ1v) is 6.50. The largest absolute Gasteiger partial charge is 0.497 e. The first kappa shape index (κ1) is 12.3. The summed E-state index contributed by atoms with van der Waals surface area (Å²) in [5.41, 5.74) is 1.40. The maximum atomic E-state index is 5.71. The quantitative estimate of drug-likeness (QED) is 0.563. The van der Waals surface area contributed by atoms with Gasteiger partial charge >= 0.3 is 0 Å². The highest BCUT2D eigenvalue weighted by Crippen LogP contribution is 2.24. The molecule has 0 aliphatic rings. The maximum absolute atomic E-state index is 5.71. The first-order valence-electron chi connectivity index (χ1n) is 5.97. The van der Waals surface area contributed by atoms with Crippen molar-refractivity contribution in [3.8, 4) is 5.75 Å². The number of hydrogen-bond acceptors (Lipinski definition) is 1. The molecule has 0 amide bonds. The molecule has 2 aromatic carbocycles. The van der Waals surface area contributed by atoms with Crippen LogP contribution in [0, 0.1) is 0 Å². The number of aryl methyl sites for hydroxylation is 1. The van der Waals surface area contributed by atoms with Gasteiger partial charge in [0.15, 0.2) is 0 Å². The van der Waals surface area contributed by atoms with Gasteiger partial charge in [-0.1, -0.05) is 24.3 Å². The number of unbranched alkanes of at least 4 members (excludes halogenated alkanes) is 1. The third-order valence-corrected chi connectivity index (χ3v) is 3.27. The molecular weight excluding hydrogens is 232 g/mol. The van der Waals surface area contributed by atoms with E-state index in [4.69, 9.17) is 16.3 Å². The molecule has 0 aliphatic heterocycles. The number of methoxy groups -OCH3 is 1. The van der Waals surface area contributed by atoms with E-state index in [1.165, 1.54) is 16.3 Å². The Morgan fingerprint density at radius 1 is 1.12 bits per heavy atom. The van der Waals surface area contributed by atoms with Gasteiger partial charge in [-0.15, -0.1) is 11.6 Å². The zero-order valence-electron chi connectivity index (χ0n) is 10.1. The molecule has 0 saturated heterocycles. The number of alkyl halides is 1. The fraction of sp³-hybridized carbons (Fsp3) is 0.333. The summed E-state index contributed by atoms with van der Waals surface area (Å²) < 4.78 is 5.24. The minimum Gasteiger partial charge on any atom is -0.497 e. The highest BCUT2D eigenvalue weighted by atomic mass is 35.5. The maximum Gasteiger partial charge on any atom is 0.119 e. The van der Waals surface area contributed by atoms with E-state index in [1.54, 1.807) is 7.11 Å². The molecule has 0 saturated carbocycles. The van der Waals surface area contributed by atoms with E-state index in [0.717, 1.165) is 30.9 Å². The van der Waals surface area contributed by atoms with Gasteiger partial charge in [-0.05, 0) is 47.7 Å². The Bertz CT molecular complexity index is 493. The molecule has 90 valence electrons. The molecule has 0 aromatic heterocycles. The Morgan fingerprint density at radius 2 is 2.00 bits per heavy atom. The Kier molecular flexibility index (Phi) is 4.27. The van der Waals surface area contributed by atoms with Crippen molar-refractivity contribution in [1.82, 2.24) is 0 Å². The van der Waals surface area contributed by atoms with Gasteiger partial charge in [0.1, 0.15) is 5.75 Å². The second-order valence-electron chi connectivity index (χ2n) is 4.15. The summed E-state index contributed by atoms with van der Waals surface area (Å²) in [6.07, 6.45) is 3.32. The summed E-state index contributed by atoms with van der Waals surface area (Å²) in [5, 5.41) is 2.57. The van der Waals surface area contributed by atoms with Crippen LogP contribution in [0.2, 0.25) is 0 Å². The molecule has 0 heterocycles. The highest BCUT2D eigenvalue weighted by Gasteiger charge is 2.02. The van der Waals surface area contributed by atoms with Crippen LogP contribution in [-0.4, -0.2) is 13.0 Å². The van der Waals surface area contributed by atoms with Crippen LogP contribution in [0.25, 0.3) is 10.8 Å². The van der Waals surface area contributed by atoms with Crippen LogP contribution in [-0.2, 0) is 6.42 Å². The zero-order valence-corrected chi connectivity index (χ0v) is 10.8. The van der Waals surface area contributed by atoms with Gasteiger partial charge in [0.25, 0.3) is 0 Å².